The van der Waals surface area contributed by atoms with Crippen LogP contribution >= 0.6 is 0 Å². The summed E-state index contributed by atoms with van der Waals surface area (Å²) in [7, 11) is 0. The standard InChI is InChI=1S/C12H22N2/c1-2-3-7-13-11-6-9-14-8-4-5-12(14)10-11/h2,11-13H,1,3-10H2. The summed E-state index contributed by atoms with van der Waals surface area (Å²) in [5, 5.41) is 3.64. The number of piperidine rings is 1. The molecule has 80 valence electrons. The third-order valence-corrected chi connectivity index (χ3v) is 3.60. The number of hydrogen-bond donors (Lipinski definition) is 1. The van der Waals surface area contributed by atoms with Crippen LogP contribution in [0.3, 0.4) is 0 Å². The van der Waals surface area contributed by atoms with E-state index < -0.39 is 0 Å². The fourth-order valence-electron chi connectivity index (χ4n) is 2.80. The molecule has 0 radical (unpaired) electrons. The Kier molecular flexibility index (Phi) is 3.60. The fraction of sp³-hybridized carbons (Fsp3) is 0.833. The van der Waals surface area contributed by atoms with E-state index in [1.54, 1.807) is 0 Å². The predicted octanol–water partition coefficient (Wildman–Crippen LogP) is 1.78. The van der Waals surface area contributed by atoms with Crippen LogP contribution in [0.2, 0.25) is 0 Å². The van der Waals surface area contributed by atoms with Crippen molar-refractivity contribution in [2.24, 2.45) is 0 Å². The molecule has 2 unspecified atom stereocenters. The number of nitrogens with zero attached hydrogens (tertiary/aromatic N) is 1. The Morgan fingerprint density at radius 3 is 3.14 bits per heavy atom. The van der Waals surface area contributed by atoms with Crippen LogP contribution in [-0.4, -0.2) is 36.6 Å². The molecule has 0 aromatic heterocycles. The first-order chi connectivity index (χ1) is 6.90. The van der Waals surface area contributed by atoms with Crippen molar-refractivity contribution in [1.29, 1.82) is 0 Å². The Labute approximate surface area is 87.4 Å². The van der Waals surface area contributed by atoms with Crippen LogP contribution in [0, 0.1) is 0 Å². The maximum Gasteiger partial charge on any atom is 0.0111 e. The SMILES string of the molecule is C=CCCNC1CCN2CCCC2C1. The van der Waals surface area contributed by atoms with Crippen LogP contribution in [0.1, 0.15) is 32.1 Å². The summed E-state index contributed by atoms with van der Waals surface area (Å²) in [6.45, 7) is 7.53. The number of fused-ring (bicyclic) bond motifs is 1. The number of nitrogens with one attached hydrogen (secondary N) is 1. The summed E-state index contributed by atoms with van der Waals surface area (Å²) in [6, 6.07) is 1.67. The van der Waals surface area contributed by atoms with Gasteiger partial charge in [-0.15, -0.1) is 6.58 Å². The first-order valence-corrected chi connectivity index (χ1v) is 5.98. The smallest absolute Gasteiger partial charge is 0.0111 e. The average Bonchev–Trinajstić information content (AvgIpc) is 2.65. The van der Waals surface area contributed by atoms with Crippen molar-refractivity contribution >= 4 is 0 Å². The second kappa shape index (κ2) is 4.94. The first-order valence-electron chi connectivity index (χ1n) is 5.98. The van der Waals surface area contributed by atoms with E-state index in [1.807, 2.05) is 6.08 Å². The molecule has 0 aromatic rings. The Morgan fingerprint density at radius 2 is 2.29 bits per heavy atom. The normalized spacial score (nSPS) is 32.9. The van der Waals surface area contributed by atoms with Crippen molar-refractivity contribution in [2.45, 2.75) is 44.2 Å². The minimum Gasteiger partial charge on any atom is -0.314 e. The summed E-state index contributed by atoms with van der Waals surface area (Å²) in [4.78, 5) is 2.67. The molecule has 0 spiro atoms. The van der Waals surface area contributed by atoms with Crippen LogP contribution in [-0.2, 0) is 0 Å². The second-order valence-electron chi connectivity index (χ2n) is 4.58. The highest BCUT2D eigenvalue weighted by Gasteiger charge is 2.30. The van der Waals surface area contributed by atoms with Gasteiger partial charge in [0.1, 0.15) is 0 Å². The average molecular weight is 194 g/mol. The van der Waals surface area contributed by atoms with Gasteiger partial charge >= 0.3 is 0 Å². The third-order valence-electron chi connectivity index (χ3n) is 3.60. The lowest BCUT2D eigenvalue weighted by atomic mass is 9.97. The van der Waals surface area contributed by atoms with Crippen molar-refractivity contribution in [2.75, 3.05) is 19.6 Å². The zero-order valence-corrected chi connectivity index (χ0v) is 9.04. The molecule has 0 aliphatic carbocycles. The quantitative estimate of drug-likeness (QED) is 0.542. The van der Waals surface area contributed by atoms with Crippen LogP contribution in [0.15, 0.2) is 12.7 Å². The molecular formula is C12H22N2. The molecule has 0 amide bonds. The van der Waals surface area contributed by atoms with Crippen LogP contribution in [0.25, 0.3) is 0 Å². The lowest BCUT2D eigenvalue weighted by molar-refractivity contribution is 0.167. The fourth-order valence-corrected chi connectivity index (χ4v) is 2.80. The Morgan fingerprint density at radius 1 is 1.36 bits per heavy atom. The Hall–Kier alpha value is -0.340. The zero-order chi connectivity index (χ0) is 9.80. The molecule has 2 heteroatoms. The molecule has 2 atom stereocenters. The van der Waals surface area contributed by atoms with Gasteiger partial charge in [-0.1, -0.05) is 6.08 Å². The third kappa shape index (κ3) is 2.37. The van der Waals surface area contributed by atoms with Gasteiger partial charge in [0.2, 0.25) is 0 Å². The molecule has 2 aliphatic heterocycles. The van der Waals surface area contributed by atoms with Crippen molar-refractivity contribution in [3.8, 4) is 0 Å². The lowest BCUT2D eigenvalue weighted by Gasteiger charge is -2.35. The number of hydrogen-bond acceptors (Lipinski definition) is 2. The van der Waals surface area contributed by atoms with Gasteiger partial charge in [0.25, 0.3) is 0 Å². The van der Waals surface area contributed by atoms with Crippen LogP contribution in [0.5, 0.6) is 0 Å². The molecule has 0 bridgehead atoms. The van der Waals surface area contributed by atoms with E-state index in [0.717, 1.165) is 25.0 Å². The molecule has 14 heavy (non-hydrogen) atoms. The molecule has 2 nitrogen and oxygen atoms in total. The van der Waals surface area contributed by atoms with Crippen LogP contribution in [0.4, 0.5) is 0 Å². The van der Waals surface area contributed by atoms with Gasteiger partial charge in [-0.2, -0.15) is 0 Å². The van der Waals surface area contributed by atoms with Gasteiger partial charge in [-0.25, -0.2) is 0 Å². The number of rotatable bonds is 4. The summed E-state index contributed by atoms with van der Waals surface area (Å²) < 4.78 is 0. The molecule has 0 aromatic carbocycles. The van der Waals surface area contributed by atoms with E-state index in [9.17, 15) is 0 Å². The summed E-state index contributed by atoms with van der Waals surface area (Å²) in [5.74, 6) is 0. The van der Waals surface area contributed by atoms with Crippen LogP contribution < -0.4 is 5.32 Å². The highest BCUT2D eigenvalue weighted by molar-refractivity contribution is 4.89. The maximum atomic E-state index is 3.75. The van der Waals surface area contributed by atoms with E-state index in [-0.39, 0.29) is 0 Å². The topological polar surface area (TPSA) is 15.3 Å². The maximum absolute atomic E-state index is 3.75. The molecule has 2 saturated heterocycles. The van der Waals surface area contributed by atoms with E-state index in [1.165, 1.54) is 38.8 Å². The van der Waals surface area contributed by atoms with Gasteiger partial charge in [0.05, 0.1) is 0 Å². The summed E-state index contributed by atoms with van der Waals surface area (Å²) in [6.07, 6.45) is 8.66. The molecule has 0 saturated carbocycles. The zero-order valence-electron chi connectivity index (χ0n) is 9.04. The predicted molar refractivity (Wildman–Crippen MR) is 60.4 cm³/mol. The Balaban J connectivity index is 1.71. The monoisotopic (exact) mass is 194 g/mol. The largest absolute Gasteiger partial charge is 0.314 e. The molecule has 2 rings (SSSR count). The summed E-state index contributed by atoms with van der Waals surface area (Å²) >= 11 is 0. The Bertz CT molecular complexity index is 191. The summed E-state index contributed by atoms with van der Waals surface area (Å²) in [5.41, 5.74) is 0. The molecule has 2 aliphatic rings. The van der Waals surface area contributed by atoms with E-state index in [4.69, 9.17) is 0 Å². The van der Waals surface area contributed by atoms with E-state index in [2.05, 4.69) is 16.8 Å². The highest BCUT2D eigenvalue weighted by atomic mass is 15.2. The highest BCUT2D eigenvalue weighted by Crippen LogP contribution is 2.26. The van der Waals surface area contributed by atoms with Gasteiger partial charge in [0.15, 0.2) is 0 Å². The van der Waals surface area contributed by atoms with Gasteiger partial charge < -0.3 is 10.2 Å². The van der Waals surface area contributed by atoms with Gasteiger partial charge in [-0.3, -0.25) is 0 Å². The lowest BCUT2D eigenvalue weighted by Crippen LogP contribution is -2.45. The van der Waals surface area contributed by atoms with E-state index in [0.29, 0.717) is 0 Å². The molecule has 2 fully saturated rings. The molecule has 2 heterocycles. The molecule has 1 N–H and O–H groups in total. The van der Waals surface area contributed by atoms with Crippen molar-refractivity contribution in [1.82, 2.24) is 10.2 Å². The first kappa shape index (κ1) is 10.2. The van der Waals surface area contributed by atoms with Crippen molar-refractivity contribution in [3.63, 3.8) is 0 Å². The van der Waals surface area contributed by atoms with E-state index >= 15 is 0 Å². The minimum atomic E-state index is 0.772. The second-order valence-corrected chi connectivity index (χ2v) is 4.58. The molecular weight excluding hydrogens is 172 g/mol. The van der Waals surface area contributed by atoms with Gasteiger partial charge in [0, 0.05) is 12.1 Å². The van der Waals surface area contributed by atoms with Gasteiger partial charge in [-0.05, 0) is 51.7 Å². The van der Waals surface area contributed by atoms with Crippen molar-refractivity contribution in [3.05, 3.63) is 12.7 Å². The minimum absolute atomic E-state index is 0.772. The van der Waals surface area contributed by atoms with Crippen molar-refractivity contribution < 1.29 is 0 Å².